The molecule has 1 aromatic heterocycles. The Balaban J connectivity index is 1.89. The second-order valence-corrected chi connectivity index (χ2v) is 6.28. The summed E-state index contributed by atoms with van der Waals surface area (Å²) in [6.45, 7) is 3.74. The number of halogens is 1. The highest BCUT2D eigenvalue weighted by molar-refractivity contribution is 6.31. The zero-order chi connectivity index (χ0) is 17.2. The highest BCUT2D eigenvalue weighted by Gasteiger charge is 2.40. The highest BCUT2D eigenvalue weighted by Crippen LogP contribution is 2.42. The van der Waals surface area contributed by atoms with Crippen LogP contribution in [0.1, 0.15) is 41.0 Å². The maximum Gasteiger partial charge on any atom is 0.257 e. The van der Waals surface area contributed by atoms with E-state index in [4.69, 9.17) is 11.6 Å². The van der Waals surface area contributed by atoms with Crippen molar-refractivity contribution >= 4 is 29.3 Å². The van der Waals surface area contributed by atoms with Crippen molar-refractivity contribution in [2.24, 2.45) is 0 Å². The third kappa shape index (κ3) is 2.91. The number of rotatable bonds is 4. The molecule has 24 heavy (non-hydrogen) atoms. The molecule has 1 aromatic carbocycles. The number of carbonyl (C=O) groups excluding carboxylic acids is 1. The normalized spacial score (nSPS) is 15.0. The first-order chi connectivity index (χ1) is 11.6. The molecule has 4 nitrogen and oxygen atoms in total. The summed E-state index contributed by atoms with van der Waals surface area (Å²) in [6, 6.07) is 12.8. The Morgan fingerprint density at radius 2 is 2.17 bits per heavy atom. The van der Waals surface area contributed by atoms with Crippen molar-refractivity contribution in [3.63, 3.8) is 0 Å². The number of nitrogens with one attached hydrogen (secondary N) is 1. The number of aromatic nitrogens is 1. The van der Waals surface area contributed by atoms with E-state index in [-0.39, 0.29) is 5.91 Å². The van der Waals surface area contributed by atoms with E-state index >= 15 is 0 Å². The van der Waals surface area contributed by atoms with Crippen LogP contribution >= 0.6 is 11.6 Å². The zero-order valence-corrected chi connectivity index (χ0v) is 13.8. The lowest BCUT2D eigenvalue weighted by atomic mass is 9.67. The Kier molecular flexibility index (Phi) is 4.37. The molecule has 0 atom stereocenters. The van der Waals surface area contributed by atoms with Gasteiger partial charge in [0.2, 0.25) is 0 Å². The number of hydrogen-bond donors (Lipinski definition) is 1. The smallest absolute Gasteiger partial charge is 0.257 e. The van der Waals surface area contributed by atoms with Crippen molar-refractivity contribution in [2.75, 3.05) is 5.32 Å². The molecule has 0 radical (unpaired) electrons. The van der Waals surface area contributed by atoms with Crippen LogP contribution in [-0.4, -0.2) is 10.9 Å². The van der Waals surface area contributed by atoms with Crippen LogP contribution < -0.4 is 5.32 Å². The van der Waals surface area contributed by atoms with Gasteiger partial charge in [0.1, 0.15) is 0 Å². The highest BCUT2D eigenvalue weighted by atomic mass is 35.5. The second-order valence-electron chi connectivity index (χ2n) is 5.85. The van der Waals surface area contributed by atoms with Crippen LogP contribution in [0.4, 0.5) is 5.69 Å². The molecule has 0 unspecified atom stereocenters. The summed E-state index contributed by atoms with van der Waals surface area (Å²) in [6.07, 6.45) is 4.18. The van der Waals surface area contributed by atoms with Gasteiger partial charge in [-0.05, 0) is 55.7 Å². The molecule has 1 heterocycles. The molecule has 3 rings (SSSR count). The van der Waals surface area contributed by atoms with Crippen molar-refractivity contribution in [3.05, 3.63) is 65.0 Å². The SMILES string of the molecule is C=Cc1nc(C2(C#N)CCC2)ccc1C(=O)Nc1cccc(Cl)c1. The average molecular weight is 338 g/mol. The molecule has 1 saturated carbocycles. The molecule has 2 aromatic rings. The van der Waals surface area contributed by atoms with Crippen LogP contribution in [0, 0.1) is 11.3 Å². The van der Waals surface area contributed by atoms with E-state index in [9.17, 15) is 10.1 Å². The van der Waals surface area contributed by atoms with E-state index in [2.05, 4.69) is 22.9 Å². The van der Waals surface area contributed by atoms with Gasteiger partial charge in [0.05, 0.1) is 28.4 Å². The van der Waals surface area contributed by atoms with Crippen LogP contribution in [0.2, 0.25) is 5.02 Å². The predicted octanol–water partition coefficient (Wildman–Crippen LogP) is 4.58. The summed E-state index contributed by atoms with van der Waals surface area (Å²) in [5.41, 5.74) is 1.71. The Hall–Kier alpha value is -2.64. The average Bonchev–Trinajstić information content (AvgIpc) is 2.54. The van der Waals surface area contributed by atoms with E-state index < -0.39 is 5.41 Å². The van der Waals surface area contributed by atoms with Gasteiger partial charge in [0.25, 0.3) is 5.91 Å². The minimum Gasteiger partial charge on any atom is -0.322 e. The fourth-order valence-electron chi connectivity index (χ4n) is 2.81. The third-order valence-electron chi connectivity index (χ3n) is 4.36. The number of hydrogen-bond acceptors (Lipinski definition) is 3. The Bertz CT molecular complexity index is 850. The number of nitriles is 1. The fraction of sp³-hybridized carbons (Fsp3) is 0.211. The molecular weight excluding hydrogens is 322 g/mol. The summed E-state index contributed by atoms with van der Waals surface area (Å²) >= 11 is 5.93. The van der Waals surface area contributed by atoms with Gasteiger partial charge >= 0.3 is 0 Å². The number of pyridine rings is 1. The summed E-state index contributed by atoms with van der Waals surface area (Å²) in [5.74, 6) is -0.286. The predicted molar refractivity (Wildman–Crippen MR) is 94.9 cm³/mol. The number of amides is 1. The fourth-order valence-corrected chi connectivity index (χ4v) is 3.00. The summed E-state index contributed by atoms with van der Waals surface area (Å²) in [4.78, 5) is 17.0. The lowest BCUT2D eigenvalue weighted by Crippen LogP contribution is -2.33. The molecule has 0 spiro atoms. The Morgan fingerprint density at radius 1 is 1.38 bits per heavy atom. The van der Waals surface area contributed by atoms with Gasteiger partial charge < -0.3 is 5.32 Å². The molecule has 0 bridgehead atoms. The first kappa shape index (κ1) is 16.2. The minimum atomic E-state index is -0.514. The monoisotopic (exact) mass is 337 g/mol. The lowest BCUT2D eigenvalue weighted by Gasteiger charge is -2.34. The van der Waals surface area contributed by atoms with Gasteiger partial charge in [-0.15, -0.1) is 0 Å². The van der Waals surface area contributed by atoms with Crippen LogP contribution in [0.3, 0.4) is 0 Å². The van der Waals surface area contributed by atoms with Crippen molar-refractivity contribution in [1.82, 2.24) is 4.98 Å². The Morgan fingerprint density at radius 3 is 2.75 bits per heavy atom. The van der Waals surface area contributed by atoms with E-state index in [1.54, 1.807) is 42.5 Å². The van der Waals surface area contributed by atoms with Crippen molar-refractivity contribution in [1.29, 1.82) is 5.26 Å². The van der Waals surface area contributed by atoms with Gasteiger partial charge in [-0.25, -0.2) is 0 Å². The molecule has 1 aliphatic rings. The number of anilines is 1. The minimum absolute atomic E-state index is 0.286. The van der Waals surface area contributed by atoms with Crippen molar-refractivity contribution < 1.29 is 4.79 Å². The molecule has 0 aliphatic heterocycles. The van der Waals surface area contributed by atoms with Crippen LogP contribution in [-0.2, 0) is 5.41 Å². The van der Waals surface area contributed by atoms with Gasteiger partial charge in [-0.3, -0.25) is 9.78 Å². The first-order valence-electron chi connectivity index (χ1n) is 7.70. The van der Waals surface area contributed by atoms with Crippen molar-refractivity contribution in [3.8, 4) is 6.07 Å². The summed E-state index contributed by atoms with van der Waals surface area (Å²) in [7, 11) is 0. The molecule has 0 saturated heterocycles. The largest absolute Gasteiger partial charge is 0.322 e. The quantitative estimate of drug-likeness (QED) is 0.888. The van der Waals surface area contributed by atoms with Gasteiger partial charge in [-0.1, -0.05) is 24.2 Å². The molecular formula is C19H16ClN3O. The Labute approximate surface area is 145 Å². The standard InChI is InChI=1S/C19H16ClN3O/c1-2-16-15(18(24)22-14-6-3-5-13(20)11-14)7-8-17(23-16)19(12-21)9-4-10-19/h2-3,5-8,11H,1,4,9-10H2,(H,22,24). The van der Waals surface area contributed by atoms with Crippen molar-refractivity contribution in [2.45, 2.75) is 24.7 Å². The maximum atomic E-state index is 12.5. The zero-order valence-electron chi connectivity index (χ0n) is 13.1. The third-order valence-corrected chi connectivity index (χ3v) is 4.59. The second kappa shape index (κ2) is 6.46. The number of carbonyl (C=O) groups is 1. The lowest BCUT2D eigenvalue weighted by molar-refractivity contribution is 0.102. The van der Waals surface area contributed by atoms with E-state index in [0.29, 0.717) is 27.7 Å². The first-order valence-corrected chi connectivity index (χ1v) is 8.08. The molecule has 1 N–H and O–H groups in total. The maximum absolute atomic E-state index is 12.5. The topological polar surface area (TPSA) is 65.8 Å². The van der Waals surface area contributed by atoms with Gasteiger partial charge in [0, 0.05) is 10.7 Å². The van der Waals surface area contributed by atoms with Crippen LogP contribution in [0.5, 0.6) is 0 Å². The van der Waals surface area contributed by atoms with E-state index in [0.717, 1.165) is 19.3 Å². The summed E-state index contributed by atoms with van der Waals surface area (Å²) in [5, 5.41) is 12.8. The molecule has 1 fully saturated rings. The van der Waals surface area contributed by atoms with E-state index in [1.807, 2.05) is 0 Å². The molecule has 1 aliphatic carbocycles. The molecule has 5 heteroatoms. The van der Waals surface area contributed by atoms with E-state index in [1.165, 1.54) is 0 Å². The number of benzene rings is 1. The van der Waals surface area contributed by atoms with Gasteiger partial charge in [-0.2, -0.15) is 5.26 Å². The molecule has 120 valence electrons. The van der Waals surface area contributed by atoms with Crippen LogP contribution in [0.15, 0.2) is 43.0 Å². The summed E-state index contributed by atoms with van der Waals surface area (Å²) < 4.78 is 0. The number of nitrogens with zero attached hydrogens (tertiary/aromatic N) is 2. The van der Waals surface area contributed by atoms with Crippen LogP contribution in [0.25, 0.3) is 6.08 Å². The molecule has 1 amide bonds. The van der Waals surface area contributed by atoms with Gasteiger partial charge in [0.15, 0.2) is 0 Å².